The zero-order valence-electron chi connectivity index (χ0n) is 10.6. The van der Waals surface area contributed by atoms with E-state index in [0.29, 0.717) is 5.65 Å². The zero-order valence-corrected chi connectivity index (χ0v) is 10.6. The number of halogens is 2. The molecule has 2 heterocycles. The van der Waals surface area contributed by atoms with Crippen LogP contribution in [-0.2, 0) is 6.54 Å². The monoisotopic (exact) mass is 292 g/mol. The molecule has 3 rings (SSSR count). The van der Waals surface area contributed by atoms with Gasteiger partial charge in [0, 0.05) is 18.0 Å². The van der Waals surface area contributed by atoms with Crippen LogP contribution in [0.4, 0.5) is 8.78 Å². The first-order chi connectivity index (χ1) is 10.1. The van der Waals surface area contributed by atoms with Crippen LogP contribution in [0.5, 0.6) is 0 Å². The van der Waals surface area contributed by atoms with E-state index in [0.717, 1.165) is 10.7 Å². The summed E-state index contributed by atoms with van der Waals surface area (Å²) < 4.78 is 29.0. The fourth-order valence-corrected chi connectivity index (χ4v) is 2.04. The molecule has 1 atom stereocenters. The second kappa shape index (κ2) is 5.06. The molecule has 21 heavy (non-hydrogen) atoms. The van der Waals surface area contributed by atoms with E-state index in [2.05, 4.69) is 10.1 Å². The smallest absolute Gasteiger partial charge is 0.350 e. The van der Waals surface area contributed by atoms with Crippen LogP contribution in [0.2, 0.25) is 0 Å². The van der Waals surface area contributed by atoms with E-state index in [4.69, 9.17) is 0 Å². The van der Waals surface area contributed by atoms with Crippen LogP contribution in [0, 0.1) is 11.6 Å². The molecule has 108 valence electrons. The van der Waals surface area contributed by atoms with Crippen LogP contribution in [0.1, 0.15) is 11.7 Å². The molecule has 8 heteroatoms. The fourth-order valence-electron chi connectivity index (χ4n) is 2.04. The number of aliphatic hydroxyl groups excluding tert-OH is 1. The second-order valence-electron chi connectivity index (χ2n) is 4.43. The van der Waals surface area contributed by atoms with Crippen LogP contribution < -0.4 is 5.69 Å². The molecule has 0 spiro atoms. The Bertz CT molecular complexity index is 859. The second-order valence-corrected chi connectivity index (χ2v) is 4.43. The predicted octanol–water partition coefficient (Wildman–Crippen LogP) is 0.903. The molecule has 0 bridgehead atoms. The van der Waals surface area contributed by atoms with E-state index in [1.807, 2.05) is 0 Å². The van der Waals surface area contributed by atoms with Gasteiger partial charge in [0.1, 0.15) is 6.10 Å². The summed E-state index contributed by atoms with van der Waals surface area (Å²) in [6, 6.07) is 3.49. The first-order valence-electron chi connectivity index (χ1n) is 6.09. The summed E-state index contributed by atoms with van der Waals surface area (Å²) in [7, 11) is 0. The third-order valence-corrected chi connectivity index (χ3v) is 3.08. The van der Waals surface area contributed by atoms with E-state index < -0.39 is 23.4 Å². The molecule has 0 radical (unpaired) electrons. The van der Waals surface area contributed by atoms with E-state index >= 15 is 0 Å². The maximum Gasteiger partial charge on any atom is 0.350 e. The lowest BCUT2D eigenvalue weighted by Gasteiger charge is -2.11. The number of hydrogen-bond acceptors (Lipinski definition) is 4. The molecule has 0 fully saturated rings. The Balaban J connectivity index is 1.96. The average molecular weight is 292 g/mol. The van der Waals surface area contributed by atoms with Gasteiger partial charge in [-0.2, -0.15) is 0 Å². The van der Waals surface area contributed by atoms with Crippen molar-refractivity contribution < 1.29 is 13.9 Å². The van der Waals surface area contributed by atoms with Gasteiger partial charge in [-0.15, -0.1) is 5.10 Å². The molecule has 1 N–H and O–H groups in total. The minimum Gasteiger partial charge on any atom is -0.386 e. The van der Waals surface area contributed by atoms with Gasteiger partial charge >= 0.3 is 5.69 Å². The number of hydrogen-bond donors (Lipinski definition) is 1. The molecule has 0 aliphatic carbocycles. The SMILES string of the molecule is O=c1n(CC(O)c2cccc(F)c2F)nc2cnccn12. The highest BCUT2D eigenvalue weighted by molar-refractivity contribution is 5.31. The maximum atomic E-state index is 13.6. The third kappa shape index (κ3) is 2.29. The van der Waals surface area contributed by atoms with Gasteiger partial charge in [-0.3, -0.25) is 4.98 Å². The van der Waals surface area contributed by atoms with Crippen molar-refractivity contribution in [3.63, 3.8) is 0 Å². The normalized spacial score (nSPS) is 12.7. The van der Waals surface area contributed by atoms with E-state index in [1.165, 1.54) is 35.1 Å². The zero-order chi connectivity index (χ0) is 15.0. The summed E-state index contributed by atoms with van der Waals surface area (Å²) in [5, 5.41) is 14.0. The summed E-state index contributed by atoms with van der Waals surface area (Å²) in [4.78, 5) is 15.8. The summed E-state index contributed by atoms with van der Waals surface area (Å²) in [6.07, 6.45) is 2.84. The van der Waals surface area contributed by atoms with Crippen molar-refractivity contribution in [2.45, 2.75) is 12.6 Å². The largest absolute Gasteiger partial charge is 0.386 e. The number of rotatable bonds is 3. The number of aliphatic hydroxyl groups is 1. The molecular weight excluding hydrogens is 282 g/mol. The molecule has 0 saturated carbocycles. The standard InChI is InChI=1S/C13H10F2N4O2/c14-9-3-1-2-8(12(9)15)10(20)7-19-13(21)18-5-4-16-6-11(18)17-19/h1-6,10,20H,7H2. The highest BCUT2D eigenvalue weighted by Gasteiger charge is 2.18. The fraction of sp³-hybridized carbons (Fsp3) is 0.154. The van der Waals surface area contributed by atoms with Gasteiger partial charge in [-0.05, 0) is 6.07 Å². The molecule has 1 unspecified atom stereocenters. The summed E-state index contributed by atoms with van der Waals surface area (Å²) in [5.74, 6) is -2.19. The summed E-state index contributed by atoms with van der Waals surface area (Å²) >= 11 is 0. The van der Waals surface area contributed by atoms with Crippen molar-refractivity contribution >= 4 is 5.65 Å². The summed E-state index contributed by atoms with van der Waals surface area (Å²) in [5.41, 5.74) is -0.422. The number of fused-ring (bicyclic) bond motifs is 1. The van der Waals surface area contributed by atoms with Gasteiger partial charge < -0.3 is 5.11 Å². The van der Waals surface area contributed by atoms with Gasteiger partial charge in [-0.1, -0.05) is 12.1 Å². The van der Waals surface area contributed by atoms with E-state index in [1.54, 1.807) is 0 Å². The van der Waals surface area contributed by atoms with Crippen molar-refractivity contribution in [3.8, 4) is 0 Å². The van der Waals surface area contributed by atoms with Crippen LogP contribution in [0.15, 0.2) is 41.6 Å². The number of aromatic nitrogens is 4. The molecule has 2 aromatic heterocycles. The Morgan fingerprint density at radius 1 is 1.33 bits per heavy atom. The average Bonchev–Trinajstić information content (AvgIpc) is 2.79. The van der Waals surface area contributed by atoms with E-state index in [9.17, 15) is 18.7 Å². The van der Waals surface area contributed by atoms with Gasteiger partial charge in [0.25, 0.3) is 0 Å². The quantitative estimate of drug-likeness (QED) is 0.778. The Morgan fingerprint density at radius 2 is 2.14 bits per heavy atom. The Kier molecular flexibility index (Phi) is 3.22. The third-order valence-electron chi connectivity index (χ3n) is 3.08. The van der Waals surface area contributed by atoms with Crippen LogP contribution in [0.3, 0.4) is 0 Å². The minimum atomic E-state index is -1.39. The van der Waals surface area contributed by atoms with Gasteiger partial charge in [-0.25, -0.2) is 22.7 Å². The van der Waals surface area contributed by atoms with Crippen LogP contribution in [-0.4, -0.2) is 24.3 Å². The topological polar surface area (TPSA) is 72.4 Å². The lowest BCUT2D eigenvalue weighted by atomic mass is 10.1. The number of benzene rings is 1. The van der Waals surface area contributed by atoms with Crippen molar-refractivity contribution in [1.82, 2.24) is 19.2 Å². The molecular formula is C13H10F2N4O2. The lowest BCUT2D eigenvalue weighted by Crippen LogP contribution is -2.24. The summed E-state index contributed by atoms with van der Waals surface area (Å²) in [6.45, 7) is -0.291. The molecule has 0 aliphatic heterocycles. The van der Waals surface area contributed by atoms with Gasteiger partial charge in [0.15, 0.2) is 17.3 Å². The van der Waals surface area contributed by atoms with Gasteiger partial charge in [0.2, 0.25) is 0 Å². The Labute approximate surface area is 116 Å². The van der Waals surface area contributed by atoms with E-state index in [-0.39, 0.29) is 12.1 Å². The van der Waals surface area contributed by atoms with Crippen molar-refractivity contribution in [2.24, 2.45) is 0 Å². The lowest BCUT2D eigenvalue weighted by molar-refractivity contribution is 0.144. The molecule has 0 saturated heterocycles. The van der Waals surface area contributed by atoms with Crippen LogP contribution >= 0.6 is 0 Å². The molecule has 0 amide bonds. The van der Waals surface area contributed by atoms with Crippen molar-refractivity contribution in [2.75, 3.05) is 0 Å². The van der Waals surface area contributed by atoms with Crippen molar-refractivity contribution in [3.05, 3.63) is 64.5 Å². The predicted molar refractivity (Wildman–Crippen MR) is 68.6 cm³/mol. The molecule has 0 aliphatic rings. The Morgan fingerprint density at radius 3 is 2.90 bits per heavy atom. The van der Waals surface area contributed by atoms with Crippen molar-refractivity contribution in [1.29, 1.82) is 0 Å². The Hall–Kier alpha value is -2.61. The highest BCUT2D eigenvalue weighted by Crippen LogP contribution is 2.20. The first kappa shape index (κ1) is 13.4. The molecule has 1 aromatic carbocycles. The first-order valence-corrected chi connectivity index (χ1v) is 6.09. The van der Waals surface area contributed by atoms with Crippen LogP contribution in [0.25, 0.3) is 5.65 Å². The number of nitrogens with zero attached hydrogens (tertiary/aromatic N) is 4. The molecule has 3 aromatic rings. The molecule has 6 nitrogen and oxygen atoms in total. The minimum absolute atomic E-state index is 0.225. The maximum absolute atomic E-state index is 13.6. The highest BCUT2D eigenvalue weighted by atomic mass is 19.2. The van der Waals surface area contributed by atoms with Gasteiger partial charge in [0.05, 0.1) is 12.7 Å².